The lowest BCUT2D eigenvalue weighted by Crippen LogP contribution is -2.07. The molecular weight excluding hydrogens is 347 g/mol. The van der Waals surface area contributed by atoms with Crippen LogP contribution >= 0.6 is 15.9 Å². The SMILES string of the molecule is Nc1cc(Br)cc2[nH]c(-c3ccccc3C(F)(F)F)nc12. The Bertz CT molecular complexity index is 824. The molecule has 0 aliphatic heterocycles. The van der Waals surface area contributed by atoms with Crippen LogP contribution in [0.3, 0.4) is 0 Å². The van der Waals surface area contributed by atoms with Gasteiger partial charge < -0.3 is 10.7 Å². The molecule has 3 N–H and O–H groups in total. The number of nitrogen functional groups attached to an aromatic ring is 1. The second-order valence-electron chi connectivity index (χ2n) is 4.52. The highest BCUT2D eigenvalue weighted by atomic mass is 79.9. The van der Waals surface area contributed by atoms with Crippen molar-refractivity contribution in [2.75, 3.05) is 5.73 Å². The highest BCUT2D eigenvalue weighted by Crippen LogP contribution is 2.37. The number of aromatic amines is 1. The first-order valence-corrected chi connectivity index (χ1v) is 6.77. The third-order valence-electron chi connectivity index (χ3n) is 3.07. The van der Waals surface area contributed by atoms with Crippen molar-refractivity contribution in [2.45, 2.75) is 6.18 Å². The molecule has 0 radical (unpaired) electrons. The maximum absolute atomic E-state index is 13.1. The van der Waals surface area contributed by atoms with E-state index in [2.05, 4.69) is 25.9 Å². The maximum atomic E-state index is 13.1. The molecule has 0 aliphatic carbocycles. The van der Waals surface area contributed by atoms with E-state index in [1.165, 1.54) is 18.2 Å². The fraction of sp³-hybridized carbons (Fsp3) is 0.0714. The Labute approximate surface area is 126 Å². The number of imidazole rings is 1. The van der Waals surface area contributed by atoms with Gasteiger partial charge in [-0.1, -0.05) is 34.1 Å². The van der Waals surface area contributed by atoms with Crippen LogP contribution in [0.15, 0.2) is 40.9 Å². The number of hydrogen-bond donors (Lipinski definition) is 2. The van der Waals surface area contributed by atoms with E-state index < -0.39 is 11.7 Å². The van der Waals surface area contributed by atoms with E-state index in [1.54, 1.807) is 12.1 Å². The van der Waals surface area contributed by atoms with Gasteiger partial charge in [-0.25, -0.2) is 4.98 Å². The van der Waals surface area contributed by atoms with Crippen molar-refractivity contribution in [3.05, 3.63) is 46.4 Å². The van der Waals surface area contributed by atoms with E-state index in [0.29, 0.717) is 16.7 Å². The molecule has 0 aliphatic rings. The Hall–Kier alpha value is -2.02. The third kappa shape index (κ3) is 2.49. The maximum Gasteiger partial charge on any atom is 0.417 e. The number of H-pyrrole nitrogens is 1. The first kappa shape index (κ1) is 13.9. The largest absolute Gasteiger partial charge is 0.417 e. The van der Waals surface area contributed by atoms with Crippen LogP contribution in [0.25, 0.3) is 22.4 Å². The minimum absolute atomic E-state index is 0.00303. The van der Waals surface area contributed by atoms with Gasteiger partial charge in [0.15, 0.2) is 0 Å². The predicted molar refractivity (Wildman–Crippen MR) is 78.6 cm³/mol. The van der Waals surface area contributed by atoms with Gasteiger partial charge in [0, 0.05) is 10.0 Å². The van der Waals surface area contributed by atoms with Crippen LogP contribution in [-0.4, -0.2) is 9.97 Å². The zero-order chi connectivity index (χ0) is 15.2. The van der Waals surface area contributed by atoms with Crippen molar-refractivity contribution in [1.29, 1.82) is 0 Å². The van der Waals surface area contributed by atoms with Gasteiger partial charge in [-0.2, -0.15) is 13.2 Å². The van der Waals surface area contributed by atoms with Crippen molar-refractivity contribution in [1.82, 2.24) is 9.97 Å². The molecule has 0 amide bonds. The minimum Gasteiger partial charge on any atom is -0.397 e. The van der Waals surface area contributed by atoms with Crippen molar-refractivity contribution in [3.63, 3.8) is 0 Å². The molecule has 0 bridgehead atoms. The van der Waals surface area contributed by atoms with Gasteiger partial charge in [0.25, 0.3) is 0 Å². The molecule has 0 saturated carbocycles. The van der Waals surface area contributed by atoms with Crippen LogP contribution in [0.5, 0.6) is 0 Å². The molecule has 2 aromatic carbocycles. The van der Waals surface area contributed by atoms with Gasteiger partial charge >= 0.3 is 6.18 Å². The van der Waals surface area contributed by atoms with E-state index in [9.17, 15) is 13.2 Å². The van der Waals surface area contributed by atoms with Crippen LogP contribution in [-0.2, 0) is 6.18 Å². The van der Waals surface area contributed by atoms with Gasteiger partial charge in [-0.3, -0.25) is 0 Å². The number of anilines is 1. The van der Waals surface area contributed by atoms with Gasteiger partial charge in [-0.05, 0) is 18.2 Å². The number of nitrogens with one attached hydrogen (secondary N) is 1. The summed E-state index contributed by atoms with van der Waals surface area (Å²) in [4.78, 5) is 7.08. The highest BCUT2D eigenvalue weighted by molar-refractivity contribution is 9.10. The fourth-order valence-corrected chi connectivity index (χ4v) is 2.65. The van der Waals surface area contributed by atoms with Crippen LogP contribution in [0.2, 0.25) is 0 Å². The number of rotatable bonds is 1. The summed E-state index contributed by atoms with van der Waals surface area (Å²) in [6, 6.07) is 8.67. The Morgan fingerprint density at radius 1 is 1.14 bits per heavy atom. The van der Waals surface area contributed by atoms with Crippen molar-refractivity contribution in [3.8, 4) is 11.4 Å². The molecule has 0 atom stereocenters. The van der Waals surface area contributed by atoms with Gasteiger partial charge in [0.2, 0.25) is 0 Å². The highest BCUT2D eigenvalue weighted by Gasteiger charge is 2.34. The van der Waals surface area contributed by atoms with Gasteiger partial charge in [-0.15, -0.1) is 0 Å². The van der Waals surface area contributed by atoms with Crippen LogP contribution in [0, 0.1) is 0 Å². The number of hydrogen-bond acceptors (Lipinski definition) is 2. The summed E-state index contributed by atoms with van der Waals surface area (Å²) in [6.07, 6.45) is -4.44. The fourth-order valence-electron chi connectivity index (χ4n) is 2.17. The number of aromatic nitrogens is 2. The monoisotopic (exact) mass is 355 g/mol. The molecule has 0 saturated heterocycles. The molecular formula is C14H9BrF3N3. The summed E-state index contributed by atoms with van der Waals surface area (Å²) in [5.41, 5.74) is 6.52. The lowest BCUT2D eigenvalue weighted by molar-refractivity contribution is -0.137. The lowest BCUT2D eigenvalue weighted by atomic mass is 10.1. The average Bonchev–Trinajstić information content (AvgIpc) is 2.81. The Morgan fingerprint density at radius 2 is 1.86 bits per heavy atom. The molecule has 3 nitrogen and oxygen atoms in total. The number of nitrogens with two attached hydrogens (primary N) is 1. The number of fused-ring (bicyclic) bond motifs is 1. The number of benzene rings is 2. The molecule has 1 aromatic heterocycles. The summed E-state index contributed by atoms with van der Waals surface area (Å²) in [5, 5.41) is 0. The summed E-state index contributed by atoms with van der Waals surface area (Å²) in [5.74, 6) is 0.141. The second-order valence-corrected chi connectivity index (χ2v) is 5.44. The van der Waals surface area contributed by atoms with Crippen LogP contribution in [0.1, 0.15) is 5.56 Å². The molecule has 3 aromatic rings. The van der Waals surface area contributed by atoms with E-state index >= 15 is 0 Å². The quantitative estimate of drug-likeness (QED) is 0.627. The Morgan fingerprint density at radius 3 is 2.57 bits per heavy atom. The normalized spacial score (nSPS) is 12.0. The van der Waals surface area contributed by atoms with E-state index in [4.69, 9.17) is 5.73 Å². The van der Waals surface area contributed by atoms with Gasteiger partial charge in [0.05, 0.1) is 16.8 Å². The summed E-state index contributed by atoms with van der Waals surface area (Å²) >= 11 is 3.29. The second kappa shape index (κ2) is 4.77. The predicted octanol–water partition coefficient (Wildman–Crippen LogP) is 4.59. The van der Waals surface area contributed by atoms with Crippen molar-refractivity contribution < 1.29 is 13.2 Å². The zero-order valence-corrected chi connectivity index (χ0v) is 12.1. The summed E-state index contributed by atoms with van der Waals surface area (Å²) in [6.45, 7) is 0. The molecule has 0 fully saturated rings. The van der Waals surface area contributed by atoms with Crippen LogP contribution < -0.4 is 5.73 Å². The molecule has 3 rings (SSSR count). The molecule has 21 heavy (non-hydrogen) atoms. The molecule has 1 heterocycles. The van der Waals surface area contributed by atoms with Gasteiger partial charge in [0.1, 0.15) is 11.3 Å². The van der Waals surface area contributed by atoms with E-state index in [1.807, 2.05) is 0 Å². The molecule has 7 heteroatoms. The topological polar surface area (TPSA) is 54.7 Å². The Balaban J connectivity index is 2.25. The number of nitrogens with zero attached hydrogens (tertiary/aromatic N) is 1. The standard InChI is InChI=1S/C14H9BrF3N3/c15-7-5-10(19)12-11(6-7)20-13(21-12)8-3-1-2-4-9(8)14(16,17)18/h1-6H,19H2,(H,20,21). The minimum atomic E-state index is -4.44. The van der Waals surface area contributed by atoms with Crippen molar-refractivity contribution in [2.24, 2.45) is 0 Å². The Kier molecular flexibility index (Phi) is 3.16. The summed E-state index contributed by atoms with van der Waals surface area (Å²) in [7, 11) is 0. The lowest BCUT2D eigenvalue weighted by Gasteiger charge is -2.10. The van der Waals surface area contributed by atoms with Crippen molar-refractivity contribution >= 4 is 32.7 Å². The third-order valence-corrected chi connectivity index (χ3v) is 3.53. The molecule has 108 valence electrons. The molecule has 0 unspecified atom stereocenters. The summed E-state index contributed by atoms with van der Waals surface area (Å²) < 4.78 is 39.9. The molecule has 0 spiro atoms. The average molecular weight is 356 g/mol. The number of halogens is 4. The van der Waals surface area contributed by atoms with E-state index in [0.717, 1.165) is 10.5 Å². The zero-order valence-electron chi connectivity index (χ0n) is 10.5. The first-order chi connectivity index (χ1) is 9.86. The van der Waals surface area contributed by atoms with Crippen LogP contribution in [0.4, 0.5) is 18.9 Å². The first-order valence-electron chi connectivity index (χ1n) is 5.97. The smallest absolute Gasteiger partial charge is 0.397 e. The van der Waals surface area contributed by atoms with E-state index in [-0.39, 0.29) is 11.4 Å². The number of alkyl halides is 3.